The van der Waals surface area contributed by atoms with Crippen LogP contribution in [0.1, 0.15) is 24.6 Å². The predicted molar refractivity (Wildman–Crippen MR) is 79.5 cm³/mol. The number of para-hydroxylation sites is 1. The molecule has 0 spiro atoms. The molecule has 1 aliphatic heterocycles. The minimum absolute atomic E-state index is 0.532. The van der Waals surface area contributed by atoms with Gasteiger partial charge in [0, 0.05) is 18.3 Å². The molecular formula is C15H21N5. The first-order chi connectivity index (χ1) is 9.78. The third-order valence-corrected chi connectivity index (χ3v) is 3.94. The molecular weight excluding hydrogens is 250 g/mol. The van der Waals surface area contributed by atoms with E-state index in [0.29, 0.717) is 12.6 Å². The smallest absolute Gasteiger partial charge is 0.102 e. The lowest BCUT2D eigenvalue weighted by molar-refractivity contribution is 0.556. The SMILES string of the molecule is CC1CCc2ccccc2N1Cc1cn(CCN)nn1. The molecule has 1 unspecified atom stereocenters. The minimum Gasteiger partial charge on any atom is -0.363 e. The predicted octanol–water partition coefficient (Wildman–Crippen LogP) is 1.58. The highest BCUT2D eigenvalue weighted by atomic mass is 15.4. The van der Waals surface area contributed by atoms with E-state index in [0.717, 1.165) is 25.2 Å². The van der Waals surface area contributed by atoms with Crippen molar-refractivity contribution in [1.82, 2.24) is 15.0 Å². The van der Waals surface area contributed by atoms with Gasteiger partial charge in [-0.3, -0.25) is 4.68 Å². The average Bonchev–Trinajstić information content (AvgIpc) is 2.90. The zero-order valence-electron chi connectivity index (χ0n) is 11.9. The van der Waals surface area contributed by atoms with Crippen LogP contribution in [0.4, 0.5) is 5.69 Å². The second-order valence-electron chi connectivity index (χ2n) is 5.41. The second-order valence-corrected chi connectivity index (χ2v) is 5.41. The lowest BCUT2D eigenvalue weighted by atomic mass is 9.96. The molecule has 0 saturated heterocycles. The van der Waals surface area contributed by atoms with E-state index in [-0.39, 0.29) is 0 Å². The summed E-state index contributed by atoms with van der Waals surface area (Å²) in [5.74, 6) is 0. The van der Waals surface area contributed by atoms with E-state index in [9.17, 15) is 0 Å². The summed E-state index contributed by atoms with van der Waals surface area (Å²) in [5, 5.41) is 8.36. The Labute approximate surface area is 119 Å². The molecule has 106 valence electrons. The number of hydrogen-bond donors (Lipinski definition) is 1. The highest BCUT2D eigenvalue weighted by Gasteiger charge is 2.23. The third-order valence-electron chi connectivity index (χ3n) is 3.94. The van der Waals surface area contributed by atoms with Gasteiger partial charge < -0.3 is 10.6 Å². The van der Waals surface area contributed by atoms with Crippen molar-refractivity contribution in [1.29, 1.82) is 0 Å². The number of fused-ring (bicyclic) bond motifs is 1. The van der Waals surface area contributed by atoms with E-state index in [1.807, 2.05) is 10.9 Å². The standard InChI is InChI=1S/C15H21N5/c1-12-6-7-13-4-2-3-5-15(13)20(12)11-14-10-19(9-8-16)18-17-14/h2-5,10,12H,6-9,11,16H2,1H3. The summed E-state index contributed by atoms with van der Waals surface area (Å²) in [6, 6.07) is 9.18. The van der Waals surface area contributed by atoms with Crippen LogP contribution in [0.5, 0.6) is 0 Å². The Morgan fingerprint density at radius 1 is 1.35 bits per heavy atom. The van der Waals surface area contributed by atoms with Crippen molar-refractivity contribution in [2.24, 2.45) is 5.73 Å². The van der Waals surface area contributed by atoms with Gasteiger partial charge in [0.15, 0.2) is 0 Å². The van der Waals surface area contributed by atoms with Crippen LogP contribution < -0.4 is 10.6 Å². The van der Waals surface area contributed by atoms with Gasteiger partial charge in [-0.15, -0.1) is 5.10 Å². The van der Waals surface area contributed by atoms with Crippen molar-refractivity contribution in [2.45, 2.75) is 38.9 Å². The summed E-state index contributed by atoms with van der Waals surface area (Å²) in [5.41, 5.74) is 9.31. The number of nitrogens with zero attached hydrogens (tertiary/aromatic N) is 4. The number of aromatic nitrogens is 3. The maximum absolute atomic E-state index is 5.54. The van der Waals surface area contributed by atoms with Gasteiger partial charge in [0.2, 0.25) is 0 Å². The molecule has 5 heteroatoms. The number of benzene rings is 1. The Morgan fingerprint density at radius 3 is 3.05 bits per heavy atom. The highest BCUT2D eigenvalue weighted by Crippen LogP contribution is 2.31. The maximum atomic E-state index is 5.54. The van der Waals surface area contributed by atoms with Crippen molar-refractivity contribution >= 4 is 5.69 Å². The molecule has 0 amide bonds. The molecule has 20 heavy (non-hydrogen) atoms. The fourth-order valence-corrected chi connectivity index (χ4v) is 2.83. The van der Waals surface area contributed by atoms with E-state index in [2.05, 4.69) is 46.4 Å². The largest absolute Gasteiger partial charge is 0.363 e. The normalized spacial score (nSPS) is 18.1. The molecule has 2 N–H and O–H groups in total. The van der Waals surface area contributed by atoms with Crippen LogP contribution in [-0.4, -0.2) is 27.6 Å². The van der Waals surface area contributed by atoms with Crippen molar-refractivity contribution < 1.29 is 0 Å². The molecule has 0 aliphatic carbocycles. The maximum Gasteiger partial charge on any atom is 0.102 e. The molecule has 1 aromatic carbocycles. The van der Waals surface area contributed by atoms with Gasteiger partial charge >= 0.3 is 0 Å². The fourth-order valence-electron chi connectivity index (χ4n) is 2.83. The summed E-state index contributed by atoms with van der Waals surface area (Å²) in [4.78, 5) is 2.43. The molecule has 1 aliphatic rings. The van der Waals surface area contributed by atoms with Crippen molar-refractivity contribution in [3.63, 3.8) is 0 Å². The van der Waals surface area contributed by atoms with Gasteiger partial charge in [0.1, 0.15) is 5.69 Å². The molecule has 2 heterocycles. The number of aryl methyl sites for hydroxylation is 1. The van der Waals surface area contributed by atoms with Crippen LogP contribution in [-0.2, 0) is 19.5 Å². The zero-order chi connectivity index (χ0) is 13.9. The van der Waals surface area contributed by atoms with Crippen LogP contribution in [0.2, 0.25) is 0 Å². The highest BCUT2D eigenvalue weighted by molar-refractivity contribution is 5.56. The van der Waals surface area contributed by atoms with E-state index >= 15 is 0 Å². The van der Waals surface area contributed by atoms with Crippen molar-refractivity contribution in [3.8, 4) is 0 Å². The first-order valence-corrected chi connectivity index (χ1v) is 7.21. The van der Waals surface area contributed by atoms with E-state index in [1.54, 1.807) is 0 Å². The summed E-state index contributed by atoms with van der Waals surface area (Å²) in [6.07, 6.45) is 4.35. The Bertz CT molecular complexity index is 577. The average molecular weight is 271 g/mol. The lowest BCUT2D eigenvalue weighted by Crippen LogP contribution is -2.36. The number of nitrogens with two attached hydrogens (primary N) is 1. The third kappa shape index (κ3) is 2.54. The van der Waals surface area contributed by atoms with E-state index in [4.69, 9.17) is 5.73 Å². The van der Waals surface area contributed by atoms with Gasteiger partial charge in [-0.05, 0) is 31.4 Å². The van der Waals surface area contributed by atoms with E-state index in [1.165, 1.54) is 17.7 Å². The van der Waals surface area contributed by atoms with Crippen molar-refractivity contribution in [2.75, 3.05) is 11.4 Å². The monoisotopic (exact) mass is 271 g/mol. The molecule has 5 nitrogen and oxygen atoms in total. The molecule has 1 aromatic heterocycles. The van der Waals surface area contributed by atoms with Crippen molar-refractivity contribution in [3.05, 3.63) is 41.7 Å². The van der Waals surface area contributed by atoms with Crippen LogP contribution in [0, 0.1) is 0 Å². The van der Waals surface area contributed by atoms with Crippen LogP contribution >= 0.6 is 0 Å². The first kappa shape index (κ1) is 13.1. The van der Waals surface area contributed by atoms with Gasteiger partial charge in [0.05, 0.1) is 19.3 Å². The molecule has 0 bridgehead atoms. The van der Waals surface area contributed by atoms with Gasteiger partial charge in [-0.2, -0.15) is 0 Å². The van der Waals surface area contributed by atoms with Crippen LogP contribution in [0.25, 0.3) is 0 Å². The van der Waals surface area contributed by atoms with Gasteiger partial charge in [0.25, 0.3) is 0 Å². The fraction of sp³-hybridized carbons (Fsp3) is 0.467. The summed E-state index contributed by atoms with van der Waals surface area (Å²) < 4.78 is 1.82. The van der Waals surface area contributed by atoms with E-state index < -0.39 is 0 Å². The summed E-state index contributed by atoms with van der Waals surface area (Å²) in [7, 11) is 0. The molecule has 1 atom stereocenters. The number of hydrogen-bond acceptors (Lipinski definition) is 4. The summed E-state index contributed by atoms with van der Waals surface area (Å²) >= 11 is 0. The molecule has 3 rings (SSSR count). The molecule has 2 aromatic rings. The number of rotatable bonds is 4. The quantitative estimate of drug-likeness (QED) is 0.917. The first-order valence-electron chi connectivity index (χ1n) is 7.21. The molecule has 0 radical (unpaired) electrons. The van der Waals surface area contributed by atoms with Gasteiger partial charge in [-0.1, -0.05) is 23.4 Å². The number of anilines is 1. The Morgan fingerprint density at radius 2 is 2.20 bits per heavy atom. The Kier molecular flexibility index (Phi) is 3.69. The zero-order valence-corrected chi connectivity index (χ0v) is 11.9. The minimum atomic E-state index is 0.532. The van der Waals surface area contributed by atoms with Crippen LogP contribution in [0.3, 0.4) is 0 Å². The Hall–Kier alpha value is -1.88. The van der Waals surface area contributed by atoms with Crippen LogP contribution in [0.15, 0.2) is 30.5 Å². The molecule has 0 fully saturated rings. The lowest BCUT2D eigenvalue weighted by Gasteiger charge is -2.36. The second kappa shape index (κ2) is 5.63. The molecule has 0 saturated carbocycles. The topological polar surface area (TPSA) is 60.0 Å². The Balaban J connectivity index is 1.82. The summed E-state index contributed by atoms with van der Waals surface area (Å²) in [6.45, 7) is 4.40. The van der Waals surface area contributed by atoms with Gasteiger partial charge in [-0.25, -0.2) is 0 Å².